The van der Waals surface area contributed by atoms with Crippen molar-refractivity contribution in [3.8, 4) is 0 Å². The number of amides is 1. The van der Waals surface area contributed by atoms with Crippen LogP contribution in [-0.4, -0.2) is 53.0 Å². The number of benzene rings is 1. The van der Waals surface area contributed by atoms with Gasteiger partial charge in [-0.3, -0.25) is 14.5 Å². The highest BCUT2D eigenvalue weighted by atomic mass is 19.1. The number of carboxylic acids is 1. The summed E-state index contributed by atoms with van der Waals surface area (Å²) < 4.78 is 13.8. The van der Waals surface area contributed by atoms with Gasteiger partial charge in [0.15, 0.2) is 0 Å². The van der Waals surface area contributed by atoms with Gasteiger partial charge in [0.1, 0.15) is 5.82 Å². The highest BCUT2D eigenvalue weighted by Crippen LogP contribution is 2.32. The summed E-state index contributed by atoms with van der Waals surface area (Å²) in [6, 6.07) is 6.75. The Morgan fingerprint density at radius 1 is 1.04 bits per heavy atom. The van der Waals surface area contributed by atoms with Crippen molar-refractivity contribution in [3.05, 3.63) is 35.6 Å². The maximum absolute atomic E-state index is 13.8. The van der Waals surface area contributed by atoms with Gasteiger partial charge in [-0.25, -0.2) is 4.39 Å². The van der Waals surface area contributed by atoms with Gasteiger partial charge < -0.3 is 10.0 Å². The molecule has 1 amide bonds. The van der Waals surface area contributed by atoms with E-state index in [-0.39, 0.29) is 17.6 Å². The molecule has 0 aromatic heterocycles. The minimum Gasteiger partial charge on any atom is -0.481 e. The molecule has 25 heavy (non-hydrogen) atoms. The van der Waals surface area contributed by atoms with E-state index in [0.717, 1.165) is 12.8 Å². The van der Waals surface area contributed by atoms with E-state index in [1.807, 2.05) is 6.07 Å². The maximum Gasteiger partial charge on any atom is 0.307 e. The Labute approximate surface area is 147 Å². The van der Waals surface area contributed by atoms with Crippen LogP contribution in [0.15, 0.2) is 24.3 Å². The number of hydrogen-bond donors (Lipinski definition) is 1. The number of halogens is 1. The Morgan fingerprint density at radius 3 is 2.32 bits per heavy atom. The number of carboxylic acid groups (broad SMARTS) is 1. The zero-order valence-corrected chi connectivity index (χ0v) is 14.4. The standard InChI is InChI=1S/C19H25FN2O3/c20-17-8-4-1-5-14(17)13-21-9-11-22(12-10-21)18(23)15-6-2-3-7-16(15)19(24)25/h1,4-5,8,15-16H,2-3,6-7,9-13H2,(H,24,25)/t15-,16+/m0/s1. The summed E-state index contributed by atoms with van der Waals surface area (Å²) >= 11 is 0. The van der Waals surface area contributed by atoms with Gasteiger partial charge in [-0.1, -0.05) is 31.0 Å². The first-order valence-electron chi connectivity index (χ1n) is 9.03. The largest absolute Gasteiger partial charge is 0.481 e. The van der Waals surface area contributed by atoms with Gasteiger partial charge in [0.05, 0.1) is 11.8 Å². The molecule has 1 N–H and O–H groups in total. The molecular weight excluding hydrogens is 323 g/mol. The van der Waals surface area contributed by atoms with Crippen LogP contribution < -0.4 is 0 Å². The fourth-order valence-electron chi connectivity index (χ4n) is 3.95. The van der Waals surface area contributed by atoms with Crippen molar-refractivity contribution in [1.29, 1.82) is 0 Å². The van der Waals surface area contributed by atoms with E-state index in [4.69, 9.17) is 0 Å². The molecule has 0 unspecified atom stereocenters. The average Bonchev–Trinajstić information content (AvgIpc) is 2.63. The van der Waals surface area contributed by atoms with Gasteiger partial charge in [-0.05, 0) is 18.9 Å². The van der Waals surface area contributed by atoms with Gasteiger partial charge in [-0.15, -0.1) is 0 Å². The van der Waals surface area contributed by atoms with Crippen molar-refractivity contribution >= 4 is 11.9 Å². The number of carbonyl (C=O) groups is 2. The summed E-state index contributed by atoms with van der Waals surface area (Å²) in [5, 5.41) is 9.37. The highest BCUT2D eigenvalue weighted by Gasteiger charge is 2.38. The first kappa shape index (κ1) is 17.9. The molecule has 1 saturated carbocycles. The van der Waals surface area contributed by atoms with Crippen LogP contribution in [0.3, 0.4) is 0 Å². The predicted octanol–water partition coefficient (Wildman–Crippen LogP) is 2.36. The molecule has 0 spiro atoms. The maximum atomic E-state index is 13.8. The molecule has 2 atom stereocenters. The molecule has 1 aliphatic carbocycles. The van der Waals surface area contributed by atoms with E-state index in [0.29, 0.717) is 51.1 Å². The molecule has 1 aromatic rings. The second-order valence-corrected chi connectivity index (χ2v) is 7.03. The van der Waals surface area contributed by atoms with Gasteiger partial charge in [0.2, 0.25) is 5.91 Å². The molecule has 1 aliphatic heterocycles. The lowest BCUT2D eigenvalue weighted by molar-refractivity contribution is -0.153. The van der Waals surface area contributed by atoms with Crippen LogP contribution in [0.25, 0.3) is 0 Å². The average molecular weight is 348 g/mol. The Hall–Kier alpha value is -1.95. The third-order valence-corrected chi connectivity index (χ3v) is 5.44. The lowest BCUT2D eigenvalue weighted by Gasteiger charge is -2.38. The Balaban J connectivity index is 1.55. The normalized spacial score (nSPS) is 24.9. The fraction of sp³-hybridized carbons (Fsp3) is 0.579. The molecule has 6 heteroatoms. The third kappa shape index (κ3) is 4.18. The highest BCUT2D eigenvalue weighted by molar-refractivity contribution is 5.85. The first-order valence-corrected chi connectivity index (χ1v) is 9.03. The lowest BCUT2D eigenvalue weighted by Crippen LogP contribution is -2.51. The summed E-state index contributed by atoms with van der Waals surface area (Å²) in [4.78, 5) is 28.1. The van der Waals surface area contributed by atoms with Gasteiger partial charge in [0, 0.05) is 38.3 Å². The van der Waals surface area contributed by atoms with Crippen LogP contribution in [-0.2, 0) is 16.1 Å². The van der Waals surface area contributed by atoms with Crippen molar-refractivity contribution in [1.82, 2.24) is 9.80 Å². The van der Waals surface area contributed by atoms with Crippen molar-refractivity contribution in [3.63, 3.8) is 0 Å². The van der Waals surface area contributed by atoms with Crippen LogP contribution in [0.1, 0.15) is 31.2 Å². The van der Waals surface area contributed by atoms with Crippen LogP contribution >= 0.6 is 0 Å². The van der Waals surface area contributed by atoms with Crippen molar-refractivity contribution in [2.75, 3.05) is 26.2 Å². The van der Waals surface area contributed by atoms with Gasteiger partial charge in [-0.2, -0.15) is 0 Å². The van der Waals surface area contributed by atoms with E-state index in [1.54, 1.807) is 17.0 Å². The molecule has 1 heterocycles. The van der Waals surface area contributed by atoms with E-state index < -0.39 is 11.9 Å². The third-order valence-electron chi connectivity index (χ3n) is 5.44. The quantitative estimate of drug-likeness (QED) is 0.907. The number of piperazine rings is 1. The van der Waals surface area contributed by atoms with E-state index in [1.165, 1.54) is 6.07 Å². The smallest absolute Gasteiger partial charge is 0.307 e. The summed E-state index contributed by atoms with van der Waals surface area (Å²) in [5.41, 5.74) is 0.667. The monoisotopic (exact) mass is 348 g/mol. The molecule has 3 rings (SSSR count). The zero-order valence-electron chi connectivity index (χ0n) is 14.4. The van der Waals surface area contributed by atoms with E-state index >= 15 is 0 Å². The summed E-state index contributed by atoms with van der Waals surface area (Å²) in [7, 11) is 0. The molecule has 5 nitrogen and oxygen atoms in total. The minimum absolute atomic E-state index is 0.0161. The van der Waals surface area contributed by atoms with Crippen LogP contribution in [0.2, 0.25) is 0 Å². The SMILES string of the molecule is O=C(O)[C@@H]1CCCC[C@@H]1C(=O)N1CCN(Cc2ccccc2F)CC1. The van der Waals surface area contributed by atoms with Crippen LogP contribution in [0, 0.1) is 17.7 Å². The number of nitrogens with zero attached hydrogens (tertiary/aromatic N) is 2. The van der Waals surface area contributed by atoms with Gasteiger partial charge >= 0.3 is 5.97 Å². The topological polar surface area (TPSA) is 60.9 Å². The van der Waals surface area contributed by atoms with E-state index in [9.17, 15) is 19.1 Å². The number of hydrogen-bond acceptors (Lipinski definition) is 3. The van der Waals surface area contributed by atoms with E-state index in [2.05, 4.69) is 4.90 Å². The number of rotatable bonds is 4. The fourth-order valence-corrected chi connectivity index (χ4v) is 3.95. The minimum atomic E-state index is -0.851. The van der Waals surface area contributed by atoms with Gasteiger partial charge in [0.25, 0.3) is 0 Å². The predicted molar refractivity (Wildman–Crippen MR) is 91.3 cm³/mol. The number of aliphatic carboxylic acids is 1. The summed E-state index contributed by atoms with van der Waals surface area (Å²) in [5.74, 6) is -2.00. The Kier molecular flexibility index (Phi) is 5.68. The van der Waals surface area contributed by atoms with Crippen LogP contribution in [0.4, 0.5) is 4.39 Å². The second-order valence-electron chi connectivity index (χ2n) is 7.03. The van der Waals surface area contributed by atoms with Crippen LogP contribution in [0.5, 0.6) is 0 Å². The molecule has 136 valence electrons. The molecule has 2 fully saturated rings. The second kappa shape index (κ2) is 7.95. The zero-order chi connectivity index (χ0) is 17.8. The van der Waals surface area contributed by atoms with Crippen molar-refractivity contribution < 1.29 is 19.1 Å². The first-order chi connectivity index (χ1) is 12.1. The Bertz CT molecular complexity index is 629. The molecule has 2 aliphatic rings. The Morgan fingerprint density at radius 2 is 1.68 bits per heavy atom. The molecule has 0 bridgehead atoms. The van der Waals surface area contributed by atoms with Crippen molar-refractivity contribution in [2.24, 2.45) is 11.8 Å². The molecular formula is C19H25FN2O3. The lowest BCUT2D eigenvalue weighted by atomic mass is 9.78. The number of carbonyl (C=O) groups excluding carboxylic acids is 1. The summed E-state index contributed by atoms with van der Waals surface area (Å²) in [6.07, 6.45) is 3.08. The summed E-state index contributed by atoms with van der Waals surface area (Å²) in [6.45, 7) is 3.07. The molecule has 1 aromatic carbocycles. The van der Waals surface area contributed by atoms with Crippen molar-refractivity contribution in [2.45, 2.75) is 32.2 Å². The molecule has 0 radical (unpaired) electrons. The molecule has 1 saturated heterocycles.